The van der Waals surface area contributed by atoms with Gasteiger partial charge < -0.3 is 10.2 Å². The predicted molar refractivity (Wildman–Crippen MR) is 75.5 cm³/mol. The molecule has 3 heteroatoms. The van der Waals surface area contributed by atoms with E-state index in [1.165, 1.54) is 25.9 Å². The monoisotopic (exact) mass is 247 g/mol. The topological polar surface area (TPSA) is 28.2 Å². The van der Waals surface area contributed by atoms with Gasteiger partial charge in [0.15, 0.2) is 0 Å². The number of likely N-dealkylation sites (tertiary alicyclic amines) is 1. The Hall–Kier alpha value is -0.930. The SMILES string of the molecule is CC(N[C@@H](C)c1ccccn1)C1CCCN(C)C1. The Bertz CT molecular complexity index is 352. The van der Waals surface area contributed by atoms with Gasteiger partial charge in [0.05, 0.1) is 5.69 Å². The number of pyridine rings is 1. The minimum absolute atomic E-state index is 0.327. The Kier molecular flexibility index (Phi) is 4.72. The molecule has 2 unspecified atom stereocenters. The van der Waals surface area contributed by atoms with E-state index in [1.807, 2.05) is 12.3 Å². The van der Waals surface area contributed by atoms with Crippen LogP contribution in [0.15, 0.2) is 24.4 Å². The van der Waals surface area contributed by atoms with Crippen LogP contribution >= 0.6 is 0 Å². The summed E-state index contributed by atoms with van der Waals surface area (Å²) in [4.78, 5) is 6.86. The molecule has 0 spiro atoms. The van der Waals surface area contributed by atoms with Gasteiger partial charge in [0.25, 0.3) is 0 Å². The standard InChI is InChI=1S/C15H25N3/c1-12(14-7-6-10-18(3)11-14)17-13(2)15-8-4-5-9-16-15/h4-5,8-9,12-14,17H,6-7,10-11H2,1-3H3/t12?,13-,14?/m0/s1. The van der Waals surface area contributed by atoms with Crippen molar-refractivity contribution >= 4 is 0 Å². The van der Waals surface area contributed by atoms with Gasteiger partial charge in [-0.05, 0) is 58.3 Å². The molecule has 0 aromatic carbocycles. The van der Waals surface area contributed by atoms with E-state index in [0.717, 1.165) is 11.6 Å². The summed E-state index contributed by atoms with van der Waals surface area (Å²) in [5.74, 6) is 0.759. The van der Waals surface area contributed by atoms with Gasteiger partial charge >= 0.3 is 0 Å². The first-order valence-electron chi connectivity index (χ1n) is 7.02. The maximum atomic E-state index is 4.42. The molecule has 0 saturated carbocycles. The molecule has 0 amide bonds. The molecule has 0 radical (unpaired) electrons. The zero-order chi connectivity index (χ0) is 13.0. The molecule has 1 fully saturated rings. The molecule has 18 heavy (non-hydrogen) atoms. The number of rotatable bonds is 4. The van der Waals surface area contributed by atoms with Gasteiger partial charge in [-0.1, -0.05) is 6.07 Å². The van der Waals surface area contributed by atoms with Crippen molar-refractivity contribution in [3.05, 3.63) is 30.1 Å². The van der Waals surface area contributed by atoms with Crippen LogP contribution in [0, 0.1) is 5.92 Å². The number of nitrogens with one attached hydrogen (secondary N) is 1. The van der Waals surface area contributed by atoms with Gasteiger partial charge in [-0.3, -0.25) is 4.98 Å². The minimum Gasteiger partial charge on any atom is -0.306 e. The quantitative estimate of drug-likeness (QED) is 0.886. The van der Waals surface area contributed by atoms with E-state index in [2.05, 4.69) is 48.2 Å². The van der Waals surface area contributed by atoms with E-state index in [0.29, 0.717) is 12.1 Å². The molecule has 1 aliphatic heterocycles. The molecular weight excluding hydrogens is 222 g/mol. The highest BCUT2D eigenvalue weighted by molar-refractivity contribution is 5.07. The lowest BCUT2D eigenvalue weighted by atomic mass is 9.91. The fourth-order valence-electron chi connectivity index (χ4n) is 2.86. The van der Waals surface area contributed by atoms with E-state index in [9.17, 15) is 0 Å². The Morgan fingerprint density at radius 2 is 2.22 bits per heavy atom. The molecule has 1 aliphatic rings. The Balaban J connectivity index is 1.88. The van der Waals surface area contributed by atoms with Crippen LogP contribution < -0.4 is 5.32 Å². The normalized spacial score (nSPS) is 24.7. The predicted octanol–water partition coefficient (Wildman–Crippen LogP) is 2.46. The first-order chi connectivity index (χ1) is 8.66. The van der Waals surface area contributed by atoms with Gasteiger partial charge in [-0.25, -0.2) is 0 Å². The molecule has 1 aromatic rings. The fourth-order valence-corrected chi connectivity index (χ4v) is 2.86. The molecule has 1 saturated heterocycles. The lowest BCUT2D eigenvalue weighted by Crippen LogP contribution is -2.43. The van der Waals surface area contributed by atoms with Gasteiger partial charge in [0, 0.05) is 24.8 Å². The van der Waals surface area contributed by atoms with Crippen molar-refractivity contribution in [1.29, 1.82) is 0 Å². The summed E-state index contributed by atoms with van der Waals surface area (Å²) in [6.45, 7) is 6.97. The summed E-state index contributed by atoms with van der Waals surface area (Å²) in [5, 5.41) is 3.70. The molecule has 2 rings (SSSR count). The average molecular weight is 247 g/mol. The van der Waals surface area contributed by atoms with Gasteiger partial charge in [-0.15, -0.1) is 0 Å². The first-order valence-corrected chi connectivity index (χ1v) is 7.02. The van der Waals surface area contributed by atoms with Crippen LogP contribution in [0.2, 0.25) is 0 Å². The molecule has 1 N–H and O–H groups in total. The second kappa shape index (κ2) is 6.30. The molecular formula is C15H25N3. The van der Waals surface area contributed by atoms with Crippen LogP contribution in [0.25, 0.3) is 0 Å². The zero-order valence-electron chi connectivity index (χ0n) is 11.8. The van der Waals surface area contributed by atoms with Crippen LogP contribution in [0.4, 0.5) is 0 Å². The van der Waals surface area contributed by atoms with E-state index in [1.54, 1.807) is 0 Å². The highest BCUT2D eigenvalue weighted by Crippen LogP contribution is 2.20. The molecule has 3 nitrogen and oxygen atoms in total. The van der Waals surface area contributed by atoms with Crippen LogP contribution in [-0.2, 0) is 0 Å². The van der Waals surface area contributed by atoms with Crippen LogP contribution in [0.5, 0.6) is 0 Å². The highest BCUT2D eigenvalue weighted by Gasteiger charge is 2.23. The molecule has 3 atom stereocenters. The summed E-state index contributed by atoms with van der Waals surface area (Å²) in [6, 6.07) is 6.99. The molecule has 1 aromatic heterocycles. The Morgan fingerprint density at radius 3 is 2.89 bits per heavy atom. The van der Waals surface area contributed by atoms with Crippen molar-refractivity contribution in [2.75, 3.05) is 20.1 Å². The average Bonchev–Trinajstić information content (AvgIpc) is 2.39. The smallest absolute Gasteiger partial charge is 0.0570 e. The van der Waals surface area contributed by atoms with Crippen LogP contribution in [0.3, 0.4) is 0 Å². The van der Waals surface area contributed by atoms with Crippen molar-refractivity contribution in [2.45, 2.75) is 38.8 Å². The van der Waals surface area contributed by atoms with E-state index >= 15 is 0 Å². The maximum absolute atomic E-state index is 4.42. The van der Waals surface area contributed by atoms with Crippen LogP contribution in [0.1, 0.15) is 38.4 Å². The largest absolute Gasteiger partial charge is 0.306 e. The number of aromatic nitrogens is 1. The first kappa shape index (κ1) is 13.5. The summed E-state index contributed by atoms with van der Waals surface area (Å²) < 4.78 is 0. The van der Waals surface area contributed by atoms with Crippen molar-refractivity contribution in [3.63, 3.8) is 0 Å². The highest BCUT2D eigenvalue weighted by atomic mass is 15.1. The number of hydrogen-bond acceptors (Lipinski definition) is 3. The van der Waals surface area contributed by atoms with E-state index < -0.39 is 0 Å². The summed E-state index contributed by atoms with van der Waals surface area (Å²) >= 11 is 0. The van der Waals surface area contributed by atoms with Gasteiger partial charge in [-0.2, -0.15) is 0 Å². The second-order valence-electron chi connectivity index (χ2n) is 5.60. The van der Waals surface area contributed by atoms with Crippen molar-refractivity contribution < 1.29 is 0 Å². The lowest BCUT2D eigenvalue weighted by Gasteiger charge is -2.35. The minimum atomic E-state index is 0.327. The summed E-state index contributed by atoms with van der Waals surface area (Å²) in [5.41, 5.74) is 1.13. The maximum Gasteiger partial charge on any atom is 0.0570 e. The number of piperidine rings is 1. The fraction of sp³-hybridized carbons (Fsp3) is 0.667. The lowest BCUT2D eigenvalue weighted by molar-refractivity contribution is 0.174. The zero-order valence-corrected chi connectivity index (χ0v) is 11.8. The Labute approximate surface area is 111 Å². The third kappa shape index (κ3) is 3.53. The third-order valence-corrected chi connectivity index (χ3v) is 4.01. The van der Waals surface area contributed by atoms with Crippen molar-refractivity contribution in [1.82, 2.24) is 15.2 Å². The molecule has 2 heterocycles. The molecule has 100 valence electrons. The van der Waals surface area contributed by atoms with Gasteiger partial charge in [0.2, 0.25) is 0 Å². The van der Waals surface area contributed by atoms with E-state index in [4.69, 9.17) is 0 Å². The second-order valence-corrected chi connectivity index (χ2v) is 5.60. The molecule has 0 bridgehead atoms. The number of nitrogens with zero attached hydrogens (tertiary/aromatic N) is 2. The van der Waals surface area contributed by atoms with Crippen molar-refractivity contribution in [3.8, 4) is 0 Å². The van der Waals surface area contributed by atoms with Gasteiger partial charge in [0.1, 0.15) is 0 Å². The van der Waals surface area contributed by atoms with E-state index in [-0.39, 0.29) is 0 Å². The Morgan fingerprint density at radius 1 is 1.39 bits per heavy atom. The van der Waals surface area contributed by atoms with Crippen LogP contribution in [-0.4, -0.2) is 36.1 Å². The summed E-state index contributed by atoms with van der Waals surface area (Å²) in [7, 11) is 2.22. The summed E-state index contributed by atoms with van der Waals surface area (Å²) in [6.07, 6.45) is 4.53. The third-order valence-electron chi connectivity index (χ3n) is 4.01. The number of hydrogen-bond donors (Lipinski definition) is 1. The van der Waals surface area contributed by atoms with Crippen molar-refractivity contribution in [2.24, 2.45) is 5.92 Å². The molecule has 0 aliphatic carbocycles.